The molecule has 0 amide bonds. The Labute approximate surface area is 108 Å². The Kier molecular flexibility index (Phi) is 3.26. The molecule has 0 spiro atoms. The van der Waals surface area contributed by atoms with Gasteiger partial charge in [-0.3, -0.25) is 9.48 Å². The van der Waals surface area contributed by atoms with Crippen LogP contribution in [0.25, 0.3) is 0 Å². The second kappa shape index (κ2) is 4.55. The van der Waals surface area contributed by atoms with E-state index < -0.39 is 0 Å². The van der Waals surface area contributed by atoms with E-state index >= 15 is 0 Å². The highest BCUT2D eigenvalue weighted by Gasteiger charge is 2.18. The molecule has 2 aromatic heterocycles. The number of rotatable bonds is 3. The maximum atomic E-state index is 11.9. The van der Waals surface area contributed by atoms with Crippen LogP contribution in [0.2, 0.25) is 10.4 Å². The monoisotopic (exact) mass is 272 g/mol. The zero-order valence-corrected chi connectivity index (χ0v) is 10.8. The van der Waals surface area contributed by atoms with E-state index in [-0.39, 0.29) is 23.2 Å². The maximum Gasteiger partial charge on any atom is 0.202 e. The Morgan fingerprint density at radius 2 is 2.18 bits per heavy atom. The highest BCUT2D eigenvalue weighted by atomic mass is 35.5. The second-order valence-electron chi connectivity index (χ2n) is 3.68. The van der Waals surface area contributed by atoms with Crippen LogP contribution in [0, 0.1) is 6.92 Å². The first-order chi connectivity index (χ1) is 7.99. The summed E-state index contributed by atoms with van der Waals surface area (Å²) in [5.41, 5.74) is 1.45. The van der Waals surface area contributed by atoms with Crippen LogP contribution in [-0.2, 0) is 13.5 Å². The van der Waals surface area contributed by atoms with E-state index in [0.717, 1.165) is 5.69 Å². The van der Waals surface area contributed by atoms with Crippen LogP contribution >= 0.6 is 23.2 Å². The first kappa shape index (κ1) is 12.2. The minimum Gasteiger partial charge on any atom is -0.442 e. The third-order valence-electron chi connectivity index (χ3n) is 2.46. The van der Waals surface area contributed by atoms with E-state index in [1.807, 2.05) is 6.92 Å². The summed E-state index contributed by atoms with van der Waals surface area (Å²) < 4.78 is 6.59. The average Bonchev–Trinajstić information content (AvgIpc) is 2.79. The van der Waals surface area contributed by atoms with Gasteiger partial charge in [0, 0.05) is 19.0 Å². The lowest BCUT2D eigenvalue weighted by Gasteiger charge is -1.98. The van der Waals surface area contributed by atoms with Gasteiger partial charge in [0.15, 0.2) is 11.0 Å². The van der Waals surface area contributed by atoms with Crippen molar-refractivity contribution in [3.05, 3.63) is 39.5 Å². The summed E-state index contributed by atoms with van der Waals surface area (Å²) in [4.78, 5) is 11.9. The molecule has 0 aliphatic rings. The van der Waals surface area contributed by atoms with Crippen LogP contribution in [0.15, 0.2) is 16.5 Å². The van der Waals surface area contributed by atoms with E-state index in [0.29, 0.717) is 10.7 Å². The molecule has 2 heterocycles. The molecule has 0 saturated heterocycles. The van der Waals surface area contributed by atoms with Crippen molar-refractivity contribution < 1.29 is 9.21 Å². The van der Waals surface area contributed by atoms with Gasteiger partial charge in [0.25, 0.3) is 0 Å². The zero-order valence-electron chi connectivity index (χ0n) is 9.33. The molecule has 4 nitrogen and oxygen atoms in total. The molecule has 6 heteroatoms. The summed E-state index contributed by atoms with van der Waals surface area (Å²) in [6.45, 7) is 1.81. The lowest BCUT2D eigenvalue weighted by Crippen LogP contribution is -2.03. The van der Waals surface area contributed by atoms with Crippen molar-refractivity contribution in [2.75, 3.05) is 0 Å². The van der Waals surface area contributed by atoms with Crippen LogP contribution in [0.5, 0.6) is 0 Å². The third kappa shape index (κ3) is 2.37. The van der Waals surface area contributed by atoms with Gasteiger partial charge >= 0.3 is 0 Å². The molecular weight excluding hydrogens is 263 g/mol. The number of nitrogens with zero attached hydrogens (tertiary/aromatic N) is 2. The van der Waals surface area contributed by atoms with Gasteiger partial charge in [0.2, 0.25) is 5.78 Å². The Morgan fingerprint density at radius 3 is 2.65 bits per heavy atom. The van der Waals surface area contributed by atoms with Crippen LogP contribution < -0.4 is 0 Å². The fourth-order valence-corrected chi connectivity index (χ4v) is 1.97. The fourth-order valence-electron chi connectivity index (χ4n) is 1.59. The summed E-state index contributed by atoms with van der Waals surface area (Å²) in [5, 5.41) is 4.80. The molecule has 2 rings (SSSR count). The summed E-state index contributed by atoms with van der Waals surface area (Å²) >= 11 is 11.7. The average molecular weight is 273 g/mol. The number of hydrogen-bond acceptors (Lipinski definition) is 3. The van der Waals surface area contributed by atoms with Gasteiger partial charge in [-0.1, -0.05) is 11.6 Å². The molecule has 0 N–H and O–H groups in total. The number of aromatic nitrogens is 2. The summed E-state index contributed by atoms with van der Waals surface area (Å²) in [5.74, 6) is 0.0595. The van der Waals surface area contributed by atoms with Gasteiger partial charge in [-0.05, 0) is 30.7 Å². The van der Waals surface area contributed by atoms with E-state index in [9.17, 15) is 4.79 Å². The van der Waals surface area contributed by atoms with Gasteiger partial charge in [-0.2, -0.15) is 5.10 Å². The van der Waals surface area contributed by atoms with Crippen molar-refractivity contribution in [2.24, 2.45) is 7.05 Å². The summed E-state index contributed by atoms with van der Waals surface area (Å²) in [6.07, 6.45) is 0.155. The standard InChI is InChI=1S/C11H10Cl2N2O2/c1-6-7(11(13)15(2)14-6)5-8(16)9-3-4-10(12)17-9/h3-4H,5H2,1-2H3. The topological polar surface area (TPSA) is 48.0 Å². The number of ketones is 1. The van der Waals surface area contributed by atoms with Crippen molar-refractivity contribution in [3.63, 3.8) is 0 Å². The highest BCUT2D eigenvalue weighted by molar-refractivity contribution is 6.30. The van der Waals surface area contributed by atoms with Gasteiger partial charge in [0.1, 0.15) is 5.15 Å². The molecule has 0 aromatic carbocycles. The third-order valence-corrected chi connectivity index (χ3v) is 3.13. The quantitative estimate of drug-likeness (QED) is 0.807. The predicted molar refractivity (Wildman–Crippen MR) is 64.7 cm³/mol. The molecule has 0 radical (unpaired) electrons. The second-order valence-corrected chi connectivity index (χ2v) is 4.41. The molecule has 0 aliphatic heterocycles. The first-order valence-corrected chi connectivity index (χ1v) is 5.71. The number of aryl methyl sites for hydroxylation is 2. The van der Waals surface area contributed by atoms with Gasteiger partial charge in [0.05, 0.1) is 5.69 Å². The minimum atomic E-state index is -0.171. The number of halogens is 2. The largest absolute Gasteiger partial charge is 0.442 e. The first-order valence-electron chi connectivity index (χ1n) is 4.95. The molecule has 0 fully saturated rings. The number of carbonyl (C=O) groups is 1. The predicted octanol–water partition coefficient (Wildman–Crippen LogP) is 3.05. The molecule has 0 unspecified atom stereocenters. The minimum absolute atomic E-state index is 0.155. The van der Waals surface area contributed by atoms with Crippen LogP contribution in [0.4, 0.5) is 0 Å². The molecule has 0 aliphatic carbocycles. The maximum absolute atomic E-state index is 11.9. The lowest BCUT2D eigenvalue weighted by molar-refractivity contribution is 0.0966. The van der Waals surface area contributed by atoms with Crippen molar-refractivity contribution in [2.45, 2.75) is 13.3 Å². The number of carbonyl (C=O) groups excluding carboxylic acids is 1. The number of Topliss-reactive ketones (excluding diaryl/α,β-unsaturated/α-hetero) is 1. The molecule has 0 saturated carbocycles. The van der Waals surface area contributed by atoms with E-state index in [2.05, 4.69) is 5.10 Å². The molecule has 2 aromatic rings. The number of hydrogen-bond donors (Lipinski definition) is 0. The number of furan rings is 1. The molecule has 0 atom stereocenters. The fraction of sp³-hybridized carbons (Fsp3) is 0.273. The van der Waals surface area contributed by atoms with Gasteiger partial charge < -0.3 is 4.42 Å². The SMILES string of the molecule is Cc1nn(C)c(Cl)c1CC(=O)c1ccc(Cl)o1. The summed E-state index contributed by atoms with van der Waals surface area (Å²) in [6, 6.07) is 3.08. The van der Waals surface area contributed by atoms with Crippen molar-refractivity contribution in [1.82, 2.24) is 9.78 Å². The molecule has 90 valence electrons. The Bertz CT molecular complexity index is 572. The van der Waals surface area contributed by atoms with Gasteiger partial charge in [-0.15, -0.1) is 0 Å². The molecule has 0 bridgehead atoms. The highest BCUT2D eigenvalue weighted by Crippen LogP contribution is 2.22. The van der Waals surface area contributed by atoms with Crippen molar-refractivity contribution >= 4 is 29.0 Å². The summed E-state index contributed by atoms with van der Waals surface area (Å²) in [7, 11) is 1.73. The molecule has 17 heavy (non-hydrogen) atoms. The smallest absolute Gasteiger partial charge is 0.202 e. The molecular formula is C11H10Cl2N2O2. The van der Waals surface area contributed by atoms with Crippen LogP contribution in [0.1, 0.15) is 21.8 Å². The van der Waals surface area contributed by atoms with Crippen LogP contribution in [0.3, 0.4) is 0 Å². The van der Waals surface area contributed by atoms with Gasteiger partial charge in [-0.25, -0.2) is 0 Å². The normalized spacial score (nSPS) is 10.8. The Balaban J connectivity index is 2.24. The van der Waals surface area contributed by atoms with E-state index in [1.165, 1.54) is 10.7 Å². The van der Waals surface area contributed by atoms with E-state index in [1.54, 1.807) is 13.1 Å². The van der Waals surface area contributed by atoms with Crippen LogP contribution in [-0.4, -0.2) is 15.6 Å². The van der Waals surface area contributed by atoms with E-state index in [4.69, 9.17) is 27.6 Å². The Hall–Kier alpha value is -1.26. The zero-order chi connectivity index (χ0) is 12.6. The lowest BCUT2D eigenvalue weighted by atomic mass is 10.1. The Morgan fingerprint density at radius 1 is 1.47 bits per heavy atom. The van der Waals surface area contributed by atoms with Crippen molar-refractivity contribution in [3.8, 4) is 0 Å². The van der Waals surface area contributed by atoms with Crippen molar-refractivity contribution in [1.29, 1.82) is 0 Å².